The second-order valence-corrected chi connectivity index (χ2v) is 10.3. The molecular weight excluding hydrogens is 519 g/mol. The molecule has 7 nitrogen and oxygen atoms in total. The summed E-state index contributed by atoms with van der Waals surface area (Å²) in [4.78, 5) is 17.6. The summed E-state index contributed by atoms with van der Waals surface area (Å²) in [6.45, 7) is 4.14. The minimum Gasteiger partial charge on any atom is -0.494 e. The van der Waals surface area contributed by atoms with Gasteiger partial charge in [-0.3, -0.25) is 9.79 Å². The SMILES string of the molecule is CCN(CC)S(=O)(=O)c1ccc(N=Cc2c(O)n(-c3cccc(C(F)(F)F)c3)c(=O)c3ccccc23)cc1. The fourth-order valence-corrected chi connectivity index (χ4v) is 5.56. The third-order valence-corrected chi connectivity index (χ3v) is 8.12. The fourth-order valence-electron chi connectivity index (χ4n) is 4.11. The van der Waals surface area contributed by atoms with Crippen LogP contribution in [0.15, 0.2) is 87.5 Å². The molecule has 1 N–H and O–H groups in total. The molecule has 0 aliphatic rings. The zero-order chi connectivity index (χ0) is 27.7. The minimum absolute atomic E-state index is 0.103. The molecule has 0 saturated heterocycles. The number of hydrogen-bond acceptors (Lipinski definition) is 5. The molecule has 1 aromatic heterocycles. The van der Waals surface area contributed by atoms with Crippen molar-refractivity contribution >= 4 is 32.7 Å². The summed E-state index contributed by atoms with van der Waals surface area (Å²) < 4.78 is 67.5. The molecule has 11 heteroatoms. The van der Waals surface area contributed by atoms with E-state index in [1.54, 1.807) is 32.0 Å². The zero-order valence-corrected chi connectivity index (χ0v) is 21.3. The summed E-state index contributed by atoms with van der Waals surface area (Å²) in [5.74, 6) is -0.586. The summed E-state index contributed by atoms with van der Waals surface area (Å²) in [6, 6.07) is 16.3. The number of rotatable bonds is 7. The van der Waals surface area contributed by atoms with Crippen LogP contribution in [0.25, 0.3) is 16.5 Å². The predicted octanol–water partition coefficient (Wildman–Crippen LogP) is 5.50. The second-order valence-electron chi connectivity index (χ2n) is 8.31. The Labute approximate surface area is 217 Å². The molecule has 198 valence electrons. The molecular formula is C27H24F3N3O4S. The number of aromatic hydroxyl groups is 1. The van der Waals surface area contributed by atoms with Gasteiger partial charge in [0.2, 0.25) is 15.9 Å². The maximum absolute atomic E-state index is 13.3. The van der Waals surface area contributed by atoms with Gasteiger partial charge in [-0.2, -0.15) is 17.5 Å². The third kappa shape index (κ3) is 5.07. The Morgan fingerprint density at radius 2 is 1.58 bits per heavy atom. The molecule has 0 fully saturated rings. The van der Waals surface area contributed by atoms with Crippen LogP contribution in [-0.2, 0) is 16.2 Å². The van der Waals surface area contributed by atoms with Gasteiger partial charge in [0.05, 0.1) is 27.4 Å². The standard InChI is InChI=1S/C27H24F3N3O4S/c1-3-32(4-2)38(36,37)21-14-12-19(13-15-21)31-17-24-22-10-5-6-11-23(22)25(34)33(26(24)35)20-9-7-8-18(16-20)27(28,29)30/h5-17,35H,3-4H2,1-2H3. The van der Waals surface area contributed by atoms with E-state index in [-0.39, 0.29) is 21.5 Å². The molecule has 0 bridgehead atoms. The van der Waals surface area contributed by atoms with Crippen molar-refractivity contribution in [3.63, 3.8) is 0 Å². The van der Waals surface area contributed by atoms with Crippen molar-refractivity contribution in [1.82, 2.24) is 8.87 Å². The topological polar surface area (TPSA) is 92.0 Å². The van der Waals surface area contributed by atoms with E-state index in [2.05, 4.69) is 4.99 Å². The van der Waals surface area contributed by atoms with Gasteiger partial charge in [0.25, 0.3) is 5.56 Å². The van der Waals surface area contributed by atoms with Crippen LogP contribution in [0.4, 0.5) is 18.9 Å². The molecule has 1 heterocycles. The first-order chi connectivity index (χ1) is 18.0. The van der Waals surface area contributed by atoms with E-state index in [4.69, 9.17) is 0 Å². The van der Waals surface area contributed by atoms with Crippen molar-refractivity contribution in [3.8, 4) is 11.6 Å². The van der Waals surface area contributed by atoms with Gasteiger partial charge in [-0.1, -0.05) is 38.1 Å². The molecule has 0 amide bonds. The van der Waals surface area contributed by atoms with Gasteiger partial charge in [-0.05, 0) is 48.5 Å². The highest BCUT2D eigenvalue weighted by Gasteiger charge is 2.31. The average Bonchev–Trinajstić information content (AvgIpc) is 2.89. The monoisotopic (exact) mass is 543 g/mol. The number of aliphatic imine (C=N–C) groups is 1. The lowest BCUT2D eigenvalue weighted by atomic mass is 10.1. The number of alkyl halides is 3. The molecule has 0 aliphatic carbocycles. The van der Waals surface area contributed by atoms with E-state index in [1.807, 2.05) is 0 Å². The molecule has 0 radical (unpaired) electrons. The number of fused-ring (bicyclic) bond motifs is 1. The average molecular weight is 544 g/mol. The first-order valence-corrected chi connectivity index (χ1v) is 13.1. The first kappa shape index (κ1) is 27.1. The largest absolute Gasteiger partial charge is 0.494 e. The quantitative estimate of drug-likeness (QED) is 0.312. The number of benzene rings is 3. The molecule has 38 heavy (non-hydrogen) atoms. The Bertz CT molecular complexity index is 1680. The minimum atomic E-state index is -4.64. The lowest BCUT2D eigenvalue weighted by molar-refractivity contribution is -0.137. The number of nitrogens with zero attached hydrogens (tertiary/aromatic N) is 3. The van der Waals surface area contributed by atoms with Crippen molar-refractivity contribution in [2.45, 2.75) is 24.9 Å². The van der Waals surface area contributed by atoms with E-state index >= 15 is 0 Å². The van der Waals surface area contributed by atoms with Crippen LogP contribution >= 0.6 is 0 Å². The second kappa shape index (κ2) is 10.4. The smallest absolute Gasteiger partial charge is 0.416 e. The molecule has 0 saturated carbocycles. The van der Waals surface area contributed by atoms with Crippen LogP contribution in [0.2, 0.25) is 0 Å². The number of hydrogen-bond donors (Lipinski definition) is 1. The molecule has 0 unspecified atom stereocenters. The molecule has 0 aliphatic heterocycles. The Morgan fingerprint density at radius 1 is 0.947 bits per heavy atom. The molecule has 4 aromatic rings. The Morgan fingerprint density at radius 3 is 2.18 bits per heavy atom. The summed E-state index contributed by atoms with van der Waals surface area (Å²) in [5.41, 5.74) is -1.35. The van der Waals surface area contributed by atoms with Crippen LogP contribution in [-0.4, -0.2) is 41.7 Å². The lowest BCUT2D eigenvalue weighted by Crippen LogP contribution is -2.30. The van der Waals surface area contributed by atoms with Gasteiger partial charge >= 0.3 is 6.18 Å². The number of sulfonamides is 1. The molecule has 4 rings (SSSR count). The van der Waals surface area contributed by atoms with Crippen LogP contribution < -0.4 is 5.56 Å². The Kier molecular flexibility index (Phi) is 7.43. The number of pyridine rings is 1. The summed E-state index contributed by atoms with van der Waals surface area (Å²) >= 11 is 0. The summed E-state index contributed by atoms with van der Waals surface area (Å²) in [6.07, 6.45) is -3.35. The van der Waals surface area contributed by atoms with Crippen LogP contribution in [0.5, 0.6) is 5.88 Å². The van der Waals surface area contributed by atoms with E-state index in [1.165, 1.54) is 46.9 Å². The lowest BCUT2D eigenvalue weighted by Gasteiger charge is -2.18. The van der Waals surface area contributed by atoms with E-state index in [9.17, 15) is 31.5 Å². The van der Waals surface area contributed by atoms with Gasteiger partial charge in [-0.15, -0.1) is 0 Å². The van der Waals surface area contributed by atoms with E-state index in [0.717, 1.165) is 22.8 Å². The summed E-state index contributed by atoms with van der Waals surface area (Å²) in [7, 11) is -3.65. The maximum atomic E-state index is 13.3. The fraction of sp³-hybridized carbons (Fsp3) is 0.185. The molecule has 0 atom stereocenters. The van der Waals surface area contributed by atoms with Gasteiger partial charge in [0, 0.05) is 30.1 Å². The van der Waals surface area contributed by atoms with E-state index < -0.39 is 33.2 Å². The van der Waals surface area contributed by atoms with Crippen molar-refractivity contribution in [1.29, 1.82) is 0 Å². The summed E-state index contributed by atoms with van der Waals surface area (Å²) in [5, 5.41) is 11.6. The Balaban J connectivity index is 1.82. The van der Waals surface area contributed by atoms with Crippen molar-refractivity contribution in [3.05, 3.63) is 94.3 Å². The van der Waals surface area contributed by atoms with Gasteiger partial charge in [0.15, 0.2) is 0 Å². The maximum Gasteiger partial charge on any atom is 0.416 e. The van der Waals surface area contributed by atoms with Crippen LogP contribution in [0.1, 0.15) is 25.0 Å². The van der Waals surface area contributed by atoms with Crippen LogP contribution in [0.3, 0.4) is 0 Å². The Hall–Kier alpha value is -3.96. The molecule has 0 spiro atoms. The van der Waals surface area contributed by atoms with Gasteiger partial charge in [-0.25, -0.2) is 13.0 Å². The normalized spacial score (nSPS) is 12.6. The van der Waals surface area contributed by atoms with Crippen molar-refractivity contribution in [2.75, 3.05) is 13.1 Å². The predicted molar refractivity (Wildman–Crippen MR) is 140 cm³/mol. The third-order valence-electron chi connectivity index (χ3n) is 6.06. The van der Waals surface area contributed by atoms with Gasteiger partial charge < -0.3 is 5.11 Å². The highest BCUT2D eigenvalue weighted by Crippen LogP contribution is 2.32. The first-order valence-electron chi connectivity index (χ1n) is 11.7. The van der Waals surface area contributed by atoms with E-state index in [0.29, 0.717) is 24.2 Å². The number of halogens is 3. The zero-order valence-electron chi connectivity index (χ0n) is 20.5. The molecule has 3 aromatic carbocycles. The number of aromatic nitrogens is 1. The highest BCUT2D eigenvalue weighted by molar-refractivity contribution is 7.89. The van der Waals surface area contributed by atoms with Crippen molar-refractivity contribution < 1.29 is 26.7 Å². The highest BCUT2D eigenvalue weighted by atomic mass is 32.2. The van der Waals surface area contributed by atoms with Crippen molar-refractivity contribution in [2.24, 2.45) is 4.99 Å². The van der Waals surface area contributed by atoms with Gasteiger partial charge in [0.1, 0.15) is 0 Å². The van der Waals surface area contributed by atoms with Crippen LogP contribution in [0, 0.1) is 0 Å².